The van der Waals surface area contributed by atoms with Crippen molar-refractivity contribution in [3.63, 3.8) is 0 Å². The molecule has 5 heteroatoms. The lowest BCUT2D eigenvalue weighted by Gasteiger charge is -2.39. The van der Waals surface area contributed by atoms with Gasteiger partial charge in [-0.2, -0.15) is 0 Å². The van der Waals surface area contributed by atoms with E-state index in [4.69, 9.17) is 0 Å². The van der Waals surface area contributed by atoms with Crippen LogP contribution in [0.2, 0.25) is 0 Å². The predicted molar refractivity (Wildman–Crippen MR) is 75.4 cm³/mol. The maximum Gasteiger partial charge on any atom is 0.161 e. The average Bonchev–Trinajstić information content (AvgIpc) is 2.99. The fourth-order valence-electron chi connectivity index (χ4n) is 3.61. The van der Waals surface area contributed by atoms with Crippen LogP contribution in [0.1, 0.15) is 37.7 Å². The lowest BCUT2D eigenvalue weighted by Crippen LogP contribution is -2.49. The Bertz CT molecular complexity index is 501. The number of halogens is 3. The molecule has 1 aromatic rings. The van der Waals surface area contributed by atoms with E-state index in [1.165, 1.54) is 12.8 Å². The maximum atomic E-state index is 13.8. The van der Waals surface area contributed by atoms with Gasteiger partial charge in [0.1, 0.15) is 5.82 Å². The minimum atomic E-state index is -1.12. The molecule has 0 aromatic heterocycles. The second kappa shape index (κ2) is 6.36. The normalized spacial score (nSPS) is 27.2. The van der Waals surface area contributed by atoms with Gasteiger partial charge in [0.15, 0.2) is 11.6 Å². The van der Waals surface area contributed by atoms with E-state index in [0.29, 0.717) is 24.7 Å². The van der Waals surface area contributed by atoms with Crippen LogP contribution in [0.5, 0.6) is 0 Å². The number of benzene rings is 1. The minimum absolute atomic E-state index is 0.249. The van der Waals surface area contributed by atoms with Gasteiger partial charge in [-0.05, 0) is 44.8 Å². The van der Waals surface area contributed by atoms with Gasteiger partial charge in [-0.15, -0.1) is 0 Å². The van der Waals surface area contributed by atoms with Crippen LogP contribution in [0.4, 0.5) is 13.2 Å². The standard InChI is InChI=1S/C16H21F3N2/c17-12-9-14(19)13(18)8-11(12)10-21-7-2-1-5-16(21)15-4-3-6-20-15/h8-9,15-16,20H,1-7,10H2. The van der Waals surface area contributed by atoms with Gasteiger partial charge in [0.25, 0.3) is 0 Å². The molecule has 1 aromatic carbocycles. The van der Waals surface area contributed by atoms with E-state index >= 15 is 0 Å². The Morgan fingerprint density at radius 2 is 1.81 bits per heavy atom. The highest BCUT2D eigenvalue weighted by molar-refractivity contribution is 5.20. The van der Waals surface area contributed by atoms with E-state index in [1.807, 2.05) is 0 Å². The molecule has 2 saturated heterocycles. The molecule has 2 unspecified atom stereocenters. The zero-order valence-corrected chi connectivity index (χ0v) is 12.0. The van der Waals surface area contributed by atoms with E-state index < -0.39 is 17.5 Å². The SMILES string of the molecule is Fc1cc(F)c(CN2CCCCC2C2CCCN2)cc1F. The molecule has 2 atom stereocenters. The van der Waals surface area contributed by atoms with Gasteiger partial charge < -0.3 is 5.32 Å². The van der Waals surface area contributed by atoms with Crippen molar-refractivity contribution in [1.29, 1.82) is 0 Å². The van der Waals surface area contributed by atoms with E-state index in [1.54, 1.807) is 0 Å². The zero-order chi connectivity index (χ0) is 14.8. The molecule has 0 saturated carbocycles. The predicted octanol–water partition coefficient (Wildman–Crippen LogP) is 3.21. The van der Waals surface area contributed by atoms with Crippen LogP contribution in [0, 0.1) is 17.5 Å². The highest BCUT2D eigenvalue weighted by Gasteiger charge is 2.31. The molecule has 21 heavy (non-hydrogen) atoms. The molecule has 3 rings (SSSR count). The van der Waals surface area contributed by atoms with E-state index in [9.17, 15) is 13.2 Å². The van der Waals surface area contributed by atoms with E-state index in [-0.39, 0.29) is 5.56 Å². The Morgan fingerprint density at radius 1 is 1.00 bits per heavy atom. The fourth-order valence-corrected chi connectivity index (χ4v) is 3.61. The molecule has 2 aliphatic heterocycles. The Balaban J connectivity index is 1.76. The Kier molecular flexibility index (Phi) is 4.50. The molecule has 116 valence electrons. The van der Waals surface area contributed by atoms with Crippen molar-refractivity contribution in [2.75, 3.05) is 13.1 Å². The van der Waals surface area contributed by atoms with Gasteiger partial charge >= 0.3 is 0 Å². The van der Waals surface area contributed by atoms with Crippen molar-refractivity contribution < 1.29 is 13.2 Å². The van der Waals surface area contributed by atoms with Gasteiger partial charge in [0.05, 0.1) is 0 Å². The van der Waals surface area contributed by atoms with Gasteiger partial charge in [-0.3, -0.25) is 4.90 Å². The van der Waals surface area contributed by atoms with Crippen molar-refractivity contribution in [2.24, 2.45) is 0 Å². The molecule has 0 aliphatic carbocycles. The molecule has 2 fully saturated rings. The summed E-state index contributed by atoms with van der Waals surface area (Å²) in [7, 11) is 0. The lowest BCUT2D eigenvalue weighted by molar-refractivity contribution is 0.111. The van der Waals surface area contributed by atoms with E-state index in [0.717, 1.165) is 38.4 Å². The first kappa shape index (κ1) is 14.9. The van der Waals surface area contributed by atoms with Crippen molar-refractivity contribution >= 4 is 0 Å². The highest BCUT2D eigenvalue weighted by atomic mass is 19.2. The molecule has 2 heterocycles. The van der Waals surface area contributed by atoms with Crippen LogP contribution >= 0.6 is 0 Å². The Morgan fingerprint density at radius 3 is 2.57 bits per heavy atom. The summed E-state index contributed by atoms with van der Waals surface area (Å²) in [5.41, 5.74) is 0.249. The molecular weight excluding hydrogens is 277 g/mol. The van der Waals surface area contributed by atoms with Crippen LogP contribution in [-0.4, -0.2) is 30.1 Å². The monoisotopic (exact) mass is 298 g/mol. The van der Waals surface area contributed by atoms with Crippen LogP contribution in [-0.2, 0) is 6.54 Å². The van der Waals surface area contributed by atoms with Gasteiger partial charge in [-0.1, -0.05) is 6.42 Å². The second-order valence-electron chi connectivity index (χ2n) is 6.09. The molecule has 1 N–H and O–H groups in total. The number of hydrogen-bond acceptors (Lipinski definition) is 2. The van der Waals surface area contributed by atoms with Crippen molar-refractivity contribution in [3.05, 3.63) is 35.1 Å². The summed E-state index contributed by atoms with van der Waals surface area (Å²) in [6.45, 7) is 2.28. The first-order chi connectivity index (χ1) is 10.1. The first-order valence-electron chi connectivity index (χ1n) is 7.76. The highest BCUT2D eigenvalue weighted by Crippen LogP contribution is 2.26. The number of hydrogen-bond donors (Lipinski definition) is 1. The molecule has 0 bridgehead atoms. The third-order valence-corrected chi connectivity index (χ3v) is 4.69. The van der Waals surface area contributed by atoms with Crippen LogP contribution in [0.3, 0.4) is 0 Å². The largest absolute Gasteiger partial charge is 0.312 e. The topological polar surface area (TPSA) is 15.3 Å². The van der Waals surface area contributed by atoms with Crippen LogP contribution in [0.15, 0.2) is 12.1 Å². The molecule has 2 nitrogen and oxygen atoms in total. The molecule has 2 aliphatic rings. The van der Waals surface area contributed by atoms with Crippen LogP contribution in [0.25, 0.3) is 0 Å². The molecular formula is C16H21F3N2. The third kappa shape index (κ3) is 3.24. The third-order valence-electron chi connectivity index (χ3n) is 4.69. The number of rotatable bonds is 3. The van der Waals surface area contributed by atoms with Gasteiger partial charge in [0, 0.05) is 30.3 Å². The summed E-state index contributed by atoms with van der Waals surface area (Å²) in [5, 5.41) is 3.51. The Labute approximate surface area is 123 Å². The maximum absolute atomic E-state index is 13.8. The van der Waals surface area contributed by atoms with Gasteiger partial charge in [-0.25, -0.2) is 13.2 Å². The van der Waals surface area contributed by atoms with Crippen molar-refractivity contribution in [3.8, 4) is 0 Å². The summed E-state index contributed by atoms with van der Waals surface area (Å²) in [6, 6.07) is 2.46. The molecule has 0 amide bonds. The van der Waals surface area contributed by atoms with Gasteiger partial charge in [0.2, 0.25) is 0 Å². The number of likely N-dealkylation sites (tertiary alicyclic amines) is 1. The Hall–Kier alpha value is -1.07. The number of nitrogens with one attached hydrogen (secondary N) is 1. The number of nitrogens with zero attached hydrogens (tertiary/aromatic N) is 1. The first-order valence-corrected chi connectivity index (χ1v) is 7.76. The quantitative estimate of drug-likeness (QED) is 0.862. The molecule has 0 radical (unpaired) electrons. The van der Waals surface area contributed by atoms with Crippen molar-refractivity contribution in [2.45, 2.75) is 50.7 Å². The smallest absolute Gasteiger partial charge is 0.161 e. The fraction of sp³-hybridized carbons (Fsp3) is 0.625. The summed E-state index contributed by atoms with van der Waals surface area (Å²) in [5.74, 6) is -2.75. The second-order valence-corrected chi connectivity index (χ2v) is 6.09. The lowest BCUT2D eigenvalue weighted by atomic mass is 9.94. The summed E-state index contributed by atoms with van der Waals surface area (Å²) in [6.07, 6.45) is 5.66. The summed E-state index contributed by atoms with van der Waals surface area (Å²) < 4.78 is 40.2. The van der Waals surface area contributed by atoms with Crippen LogP contribution < -0.4 is 5.32 Å². The summed E-state index contributed by atoms with van der Waals surface area (Å²) in [4.78, 5) is 2.22. The average molecular weight is 298 g/mol. The molecule has 0 spiro atoms. The number of piperidine rings is 1. The minimum Gasteiger partial charge on any atom is -0.312 e. The van der Waals surface area contributed by atoms with Crippen molar-refractivity contribution in [1.82, 2.24) is 10.2 Å². The zero-order valence-electron chi connectivity index (χ0n) is 12.0. The summed E-state index contributed by atoms with van der Waals surface area (Å²) >= 11 is 0. The van der Waals surface area contributed by atoms with E-state index in [2.05, 4.69) is 10.2 Å².